The molecule has 0 unspecified atom stereocenters. The van der Waals surface area contributed by atoms with Crippen molar-refractivity contribution in [2.75, 3.05) is 26.2 Å². The summed E-state index contributed by atoms with van der Waals surface area (Å²) in [5.74, 6) is -0.537. The first-order chi connectivity index (χ1) is 5.90. The molecule has 0 atom stereocenters. The molecule has 0 bridgehead atoms. The maximum absolute atomic E-state index is 11.1. The number of rotatable bonds is 6. The van der Waals surface area contributed by atoms with E-state index < -0.39 is 16.1 Å². The van der Waals surface area contributed by atoms with Gasteiger partial charge in [-0.05, 0) is 0 Å². The fraction of sp³-hybridized carbons (Fsp3) is 0.857. The summed E-state index contributed by atoms with van der Waals surface area (Å²) < 4.78 is 30.7. The molecule has 0 aromatic rings. The lowest BCUT2D eigenvalue weighted by Gasteiger charge is -2.10. The van der Waals surface area contributed by atoms with Crippen molar-refractivity contribution in [3.05, 3.63) is 0 Å². The Morgan fingerprint density at radius 1 is 1.31 bits per heavy atom. The van der Waals surface area contributed by atoms with Crippen LogP contribution >= 0.6 is 0 Å². The number of sulfone groups is 1. The second kappa shape index (κ2) is 5.31. The average Bonchev–Trinajstić information content (AvgIpc) is 2.02. The normalized spacial score (nSPS) is 12.0. The van der Waals surface area contributed by atoms with Crippen molar-refractivity contribution in [2.24, 2.45) is 0 Å². The largest absolute Gasteiger partial charge is 0.349 e. The molecule has 0 spiro atoms. The number of ketones is 1. The lowest BCUT2D eigenvalue weighted by Crippen LogP contribution is -2.26. The molecule has 0 fully saturated rings. The predicted octanol–water partition coefficient (Wildman–Crippen LogP) is -0.391. The number of ether oxygens (including phenoxy) is 2. The van der Waals surface area contributed by atoms with Gasteiger partial charge in [-0.2, -0.15) is 0 Å². The van der Waals surface area contributed by atoms with E-state index in [4.69, 9.17) is 0 Å². The highest BCUT2D eigenvalue weighted by Crippen LogP contribution is 1.99. The van der Waals surface area contributed by atoms with E-state index in [2.05, 4.69) is 9.47 Å². The van der Waals surface area contributed by atoms with E-state index >= 15 is 0 Å². The van der Waals surface area contributed by atoms with Crippen molar-refractivity contribution < 1.29 is 22.7 Å². The van der Waals surface area contributed by atoms with Gasteiger partial charge < -0.3 is 9.47 Å². The zero-order valence-electron chi connectivity index (χ0n) is 7.94. The Kier molecular flexibility index (Phi) is 5.12. The van der Waals surface area contributed by atoms with Gasteiger partial charge in [0.25, 0.3) is 0 Å². The molecular weight excluding hydrogens is 196 g/mol. The first-order valence-corrected chi connectivity index (χ1v) is 5.73. The average molecular weight is 210 g/mol. The molecule has 0 radical (unpaired) electrons. The van der Waals surface area contributed by atoms with Gasteiger partial charge in [-0.25, -0.2) is 8.42 Å². The second-order valence-corrected chi connectivity index (χ2v) is 4.91. The Morgan fingerprint density at radius 3 is 2.08 bits per heavy atom. The summed E-state index contributed by atoms with van der Waals surface area (Å²) in [6, 6.07) is 0. The van der Waals surface area contributed by atoms with Gasteiger partial charge in [0.05, 0.1) is 5.75 Å². The highest BCUT2D eigenvalue weighted by atomic mass is 32.2. The van der Waals surface area contributed by atoms with Crippen molar-refractivity contribution in [1.29, 1.82) is 0 Å². The molecule has 0 rings (SSSR count). The number of methoxy groups -OCH3 is 2. The van der Waals surface area contributed by atoms with Gasteiger partial charge in [0, 0.05) is 26.9 Å². The zero-order chi connectivity index (χ0) is 10.5. The van der Waals surface area contributed by atoms with Crippen LogP contribution in [-0.2, 0) is 24.1 Å². The molecule has 0 N–H and O–H groups in total. The van der Waals surface area contributed by atoms with Crippen LogP contribution in [0, 0.1) is 0 Å². The first-order valence-electron chi connectivity index (χ1n) is 3.66. The third-order valence-corrected chi connectivity index (χ3v) is 2.36. The third-order valence-electron chi connectivity index (χ3n) is 1.41. The van der Waals surface area contributed by atoms with E-state index in [-0.39, 0.29) is 18.0 Å². The van der Waals surface area contributed by atoms with Crippen LogP contribution < -0.4 is 0 Å². The van der Waals surface area contributed by atoms with E-state index in [1.54, 1.807) is 0 Å². The van der Waals surface area contributed by atoms with Crippen molar-refractivity contribution in [3.63, 3.8) is 0 Å². The molecule has 0 aliphatic rings. The highest BCUT2D eigenvalue weighted by molar-refractivity contribution is 7.90. The summed E-state index contributed by atoms with van der Waals surface area (Å²) in [5, 5.41) is 0. The van der Waals surface area contributed by atoms with Crippen LogP contribution in [0.15, 0.2) is 0 Å². The minimum Gasteiger partial charge on any atom is -0.349 e. The van der Waals surface area contributed by atoms with Gasteiger partial charge >= 0.3 is 0 Å². The lowest BCUT2D eigenvalue weighted by atomic mass is 10.3. The summed E-state index contributed by atoms with van der Waals surface area (Å²) in [4.78, 5) is 11.1. The molecular formula is C7H14O5S. The zero-order valence-corrected chi connectivity index (χ0v) is 8.76. The van der Waals surface area contributed by atoms with Crippen molar-refractivity contribution in [1.82, 2.24) is 0 Å². The molecule has 0 aliphatic carbocycles. The summed E-state index contributed by atoms with van der Waals surface area (Å²) in [6.07, 6.45) is 0.0434. The van der Waals surface area contributed by atoms with Gasteiger partial charge in [0.1, 0.15) is 9.84 Å². The molecule has 0 heterocycles. The Balaban J connectivity index is 4.01. The van der Waals surface area contributed by atoms with Gasteiger partial charge in [-0.3, -0.25) is 4.79 Å². The summed E-state index contributed by atoms with van der Waals surface area (Å²) in [6.45, 7) is 0. The van der Waals surface area contributed by atoms with E-state index in [0.29, 0.717) is 0 Å². The van der Waals surface area contributed by atoms with Crippen molar-refractivity contribution in [2.45, 2.75) is 12.7 Å². The molecule has 78 valence electrons. The van der Waals surface area contributed by atoms with E-state index in [0.717, 1.165) is 6.26 Å². The van der Waals surface area contributed by atoms with Crippen molar-refractivity contribution >= 4 is 15.6 Å². The fourth-order valence-corrected chi connectivity index (χ4v) is 1.33. The van der Waals surface area contributed by atoms with Crippen LogP contribution in [0.2, 0.25) is 0 Å². The van der Waals surface area contributed by atoms with Crippen LogP contribution in [-0.4, -0.2) is 46.7 Å². The van der Waals surface area contributed by atoms with E-state index in [9.17, 15) is 13.2 Å². The first kappa shape index (κ1) is 12.5. The third kappa shape index (κ3) is 5.73. The molecule has 0 aromatic heterocycles. The molecule has 0 amide bonds. The van der Waals surface area contributed by atoms with E-state index in [1.807, 2.05) is 0 Å². The quantitative estimate of drug-likeness (QED) is 0.558. The van der Waals surface area contributed by atoms with Crippen molar-refractivity contribution in [3.8, 4) is 0 Å². The molecule has 0 saturated heterocycles. The Hall–Kier alpha value is -0.460. The van der Waals surface area contributed by atoms with Crippen LogP contribution in [0.1, 0.15) is 6.42 Å². The highest BCUT2D eigenvalue weighted by Gasteiger charge is 2.18. The second-order valence-electron chi connectivity index (χ2n) is 2.65. The van der Waals surface area contributed by atoms with Gasteiger partial charge in [0.15, 0.2) is 5.78 Å². The topological polar surface area (TPSA) is 69.7 Å². The number of carbonyl (C=O) groups is 1. The number of Topliss-reactive ketones (excluding diaryl/α,β-unsaturated/α-hetero) is 1. The van der Waals surface area contributed by atoms with Crippen LogP contribution in [0.25, 0.3) is 0 Å². The molecule has 6 heteroatoms. The Bertz CT molecular complexity index is 252. The van der Waals surface area contributed by atoms with Crippen LogP contribution in [0.4, 0.5) is 0 Å². The predicted molar refractivity (Wildman–Crippen MR) is 47.1 cm³/mol. The summed E-state index contributed by atoms with van der Waals surface area (Å²) in [7, 11) is -0.449. The maximum Gasteiger partial charge on any atom is 0.217 e. The van der Waals surface area contributed by atoms with Gasteiger partial charge in [-0.1, -0.05) is 0 Å². The number of carbonyl (C=O) groups excluding carboxylic acids is 1. The van der Waals surface area contributed by atoms with Gasteiger partial charge in [0.2, 0.25) is 6.29 Å². The van der Waals surface area contributed by atoms with Gasteiger partial charge in [-0.15, -0.1) is 0 Å². The minimum absolute atomic E-state index is 0.0782. The smallest absolute Gasteiger partial charge is 0.217 e. The molecule has 5 nitrogen and oxygen atoms in total. The number of hydrogen-bond donors (Lipinski definition) is 0. The SMILES string of the molecule is COC(OC)C(=O)CCS(C)(=O)=O. The Morgan fingerprint density at radius 2 is 1.77 bits per heavy atom. The standard InChI is InChI=1S/C7H14O5S/c1-11-7(12-2)6(8)4-5-13(3,9)10/h7H,4-5H2,1-3H3. The fourth-order valence-electron chi connectivity index (χ4n) is 0.763. The molecule has 0 saturated carbocycles. The maximum atomic E-state index is 11.1. The van der Waals surface area contributed by atoms with Crippen LogP contribution in [0.5, 0.6) is 0 Å². The lowest BCUT2D eigenvalue weighted by molar-refractivity contribution is -0.156. The summed E-state index contributed by atoms with van der Waals surface area (Å²) >= 11 is 0. The molecule has 13 heavy (non-hydrogen) atoms. The molecule has 0 aromatic carbocycles. The molecule has 0 aliphatic heterocycles. The summed E-state index contributed by atoms with van der Waals surface area (Å²) in [5.41, 5.74) is 0. The number of hydrogen-bond acceptors (Lipinski definition) is 5. The van der Waals surface area contributed by atoms with E-state index in [1.165, 1.54) is 14.2 Å². The monoisotopic (exact) mass is 210 g/mol. The van der Waals surface area contributed by atoms with Crippen LogP contribution in [0.3, 0.4) is 0 Å². The minimum atomic E-state index is -3.10. The Labute approximate surface area is 77.9 Å².